The maximum atomic E-state index is 12.6. The fourth-order valence-corrected chi connectivity index (χ4v) is 5.17. The Balaban J connectivity index is 2.67. The number of rotatable bonds is 9. The van der Waals surface area contributed by atoms with Gasteiger partial charge in [-0.15, -0.1) is 0 Å². The number of alkyl halides is 3. The summed E-state index contributed by atoms with van der Waals surface area (Å²) < 4.78 is 55.2. The average molecular weight is 364 g/mol. The summed E-state index contributed by atoms with van der Waals surface area (Å²) in [7, 11) is -1.18. The monoisotopic (exact) mass is 364 g/mol. The van der Waals surface area contributed by atoms with Gasteiger partial charge in [0.05, 0.1) is 5.56 Å². The van der Waals surface area contributed by atoms with E-state index in [4.69, 9.17) is 13.3 Å². The molecule has 3 nitrogen and oxygen atoms in total. The van der Waals surface area contributed by atoms with Crippen LogP contribution >= 0.6 is 0 Å². The fourth-order valence-electron chi connectivity index (χ4n) is 2.43. The minimum atomic E-state index is -4.30. The molecule has 0 spiro atoms. The smallest absolute Gasteiger partial charge is 0.377 e. The van der Waals surface area contributed by atoms with E-state index in [1.807, 2.05) is 27.7 Å². The third-order valence-corrected chi connectivity index (χ3v) is 6.62. The number of hydrogen-bond donors (Lipinski definition) is 0. The van der Waals surface area contributed by atoms with Crippen molar-refractivity contribution in [2.45, 2.75) is 65.0 Å². The van der Waals surface area contributed by atoms with Crippen LogP contribution in [0, 0.1) is 0 Å². The van der Waals surface area contributed by atoms with Crippen LogP contribution < -0.4 is 0 Å². The number of aryl methyl sites for hydroxylation is 1. The maximum absolute atomic E-state index is 12.6. The molecule has 138 valence electrons. The number of benzene rings is 1. The van der Waals surface area contributed by atoms with Gasteiger partial charge >= 0.3 is 15.0 Å². The first-order valence-corrected chi connectivity index (χ1v) is 10.1. The van der Waals surface area contributed by atoms with E-state index in [-0.39, 0.29) is 12.2 Å². The predicted octanol–water partition coefficient (Wildman–Crippen LogP) is 5.07. The second-order valence-corrected chi connectivity index (χ2v) is 9.01. The lowest BCUT2D eigenvalue weighted by atomic mass is 10.1. The molecule has 0 heterocycles. The van der Waals surface area contributed by atoms with Gasteiger partial charge in [0.2, 0.25) is 0 Å². The zero-order valence-corrected chi connectivity index (χ0v) is 15.9. The van der Waals surface area contributed by atoms with Gasteiger partial charge in [-0.25, -0.2) is 0 Å². The van der Waals surface area contributed by atoms with Crippen LogP contribution in [0.1, 0.15) is 45.2 Å². The van der Waals surface area contributed by atoms with E-state index in [0.29, 0.717) is 12.5 Å². The summed E-state index contributed by atoms with van der Waals surface area (Å²) in [6.07, 6.45) is -2.94. The van der Waals surface area contributed by atoms with Gasteiger partial charge in [0, 0.05) is 25.4 Å². The van der Waals surface area contributed by atoms with Crippen molar-refractivity contribution < 1.29 is 26.4 Å². The minimum Gasteiger partial charge on any atom is -0.377 e. The molecule has 0 saturated heterocycles. The van der Waals surface area contributed by atoms with Crippen LogP contribution in [0.25, 0.3) is 0 Å². The van der Waals surface area contributed by atoms with Crippen molar-refractivity contribution in [3.63, 3.8) is 0 Å². The Morgan fingerprint density at radius 2 is 1.46 bits per heavy atom. The molecule has 0 unspecified atom stereocenters. The van der Waals surface area contributed by atoms with E-state index in [1.165, 1.54) is 12.1 Å². The predicted molar refractivity (Wildman–Crippen MR) is 89.8 cm³/mol. The van der Waals surface area contributed by atoms with E-state index < -0.39 is 20.5 Å². The Morgan fingerprint density at radius 1 is 0.958 bits per heavy atom. The lowest BCUT2D eigenvalue weighted by Gasteiger charge is -2.31. The van der Waals surface area contributed by atoms with Crippen molar-refractivity contribution in [3.8, 4) is 0 Å². The molecule has 0 aliphatic rings. The van der Waals surface area contributed by atoms with Gasteiger partial charge in [-0.2, -0.15) is 13.2 Å². The first-order valence-electron chi connectivity index (χ1n) is 8.15. The van der Waals surface area contributed by atoms with Crippen molar-refractivity contribution in [2.24, 2.45) is 0 Å². The van der Waals surface area contributed by atoms with Crippen LogP contribution in [-0.2, 0) is 25.9 Å². The van der Waals surface area contributed by atoms with Crippen molar-refractivity contribution in [1.29, 1.82) is 0 Å². The second kappa shape index (κ2) is 8.99. The summed E-state index contributed by atoms with van der Waals surface area (Å²) in [5, 5.41) is 0. The molecule has 0 saturated carbocycles. The van der Waals surface area contributed by atoms with E-state index in [2.05, 4.69) is 0 Å². The fraction of sp³-hybridized carbons (Fsp3) is 0.647. The van der Waals surface area contributed by atoms with Crippen molar-refractivity contribution in [3.05, 3.63) is 35.4 Å². The highest BCUT2D eigenvalue weighted by Crippen LogP contribution is 2.29. The Morgan fingerprint density at radius 3 is 1.83 bits per heavy atom. The standard InChI is InChI=1S/C17H27F3O3Si/c1-13(2)22-24(21-5,23-14(3)4)12-6-7-15-8-10-16(11-9-15)17(18,19)20/h8-11,13-14H,6-7,12H2,1-5H3. The Hall–Kier alpha value is -0.893. The van der Waals surface area contributed by atoms with Gasteiger partial charge in [-0.05, 0) is 58.2 Å². The van der Waals surface area contributed by atoms with Gasteiger partial charge in [-0.1, -0.05) is 12.1 Å². The average Bonchev–Trinajstić information content (AvgIpc) is 2.45. The summed E-state index contributed by atoms with van der Waals surface area (Å²) in [4.78, 5) is 0. The molecule has 0 aliphatic carbocycles. The van der Waals surface area contributed by atoms with E-state index in [0.717, 1.165) is 24.1 Å². The van der Waals surface area contributed by atoms with Crippen LogP contribution in [-0.4, -0.2) is 28.1 Å². The molecule has 0 bridgehead atoms. The van der Waals surface area contributed by atoms with Crippen LogP contribution in [0.2, 0.25) is 6.04 Å². The largest absolute Gasteiger partial charge is 0.501 e. The summed E-state index contributed by atoms with van der Waals surface area (Å²) >= 11 is 0. The van der Waals surface area contributed by atoms with Gasteiger partial charge in [0.15, 0.2) is 0 Å². The molecule has 1 rings (SSSR count). The molecule has 0 fully saturated rings. The summed E-state index contributed by atoms with van der Waals surface area (Å²) in [5.41, 5.74) is 0.231. The molecule has 1 aromatic rings. The van der Waals surface area contributed by atoms with Gasteiger partial charge < -0.3 is 13.3 Å². The van der Waals surface area contributed by atoms with Crippen molar-refractivity contribution in [2.75, 3.05) is 7.11 Å². The van der Waals surface area contributed by atoms with Crippen LogP contribution in [0.4, 0.5) is 13.2 Å². The van der Waals surface area contributed by atoms with Crippen LogP contribution in [0.15, 0.2) is 24.3 Å². The van der Waals surface area contributed by atoms with Gasteiger partial charge in [0.25, 0.3) is 0 Å². The molecule has 0 aliphatic heterocycles. The SMILES string of the molecule is CO[Si](CCCc1ccc(C(F)(F)F)cc1)(OC(C)C)OC(C)C. The Labute approximate surface area is 143 Å². The molecule has 7 heteroatoms. The maximum Gasteiger partial charge on any atom is 0.501 e. The number of hydrogen-bond acceptors (Lipinski definition) is 3. The molecule has 1 aromatic carbocycles. The highest BCUT2D eigenvalue weighted by Gasteiger charge is 2.41. The van der Waals surface area contributed by atoms with Crippen molar-refractivity contribution in [1.82, 2.24) is 0 Å². The third kappa shape index (κ3) is 6.92. The third-order valence-electron chi connectivity index (χ3n) is 3.37. The van der Waals surface area contributed by atoms with E-state index >= 15 is 0 Å². The van der Waals surface area contributed by atoms with Crippen LogP contribution in [0.5, 0.6) is 0 Å². The topological polar surface area (TPSA) is 27.7 Å². The van der Waals surface area contributed by atoms with Gasteiger partial charge in [-0.3, -0.25) is 0 Å². The molecule has 0 aromatic heterocycles. The molecular formula is C17H27F3O3Si. The first kappa shape index (κ1) is 21.2. The molecule has 0 N–H and O–H groups in total. The highest BCUT2D eigenvalue weighted by molar-refractivity contribution is 6.60. The highest BCUT2D eigenvalue weighted by atomic mass is 28.4. The zero-order chi connectivity index (χ0) is 18.4. The molecule has 0 atom stereocenters. The van der Waals surface area contributed by atoms with E-state index in [1.54, 1.807) is 7.11 Å². The summed E-state index contributed by atoms with van der Waals surface area (Å²) in [6.45, 7) is 7.72. The van der Waals surface area contributed by atoms with Crippen LogP contribution in [0.3, 0.4) is 0 Å². The first-order chi connectivity index (χ1) is 11.1. The molecule has 0 radical (unpaired) electrons. The second-order valence-electron chi connectivity index (χ2n) is 6.27. The minimum absolute atomic E-state index is 0.0126. The Bertz CT molecular complexity index is 477. The summed E-state index contributed by atoms with van der Waals surface area (Å²) in [6, 6.07) is 5.90. The molecule has 0 amide bonds. The normalized spacial score (nSPS) is 13.1. The Kier molecular flexibility index (Phi) is 7.92. The summed E-state index contributed by atoms with van der Waals surface area (Å²) in [5.74, 6) is 0. The lowest BCUT2D eigenvalue weighted by molar-refractivity contribution is -0.137. The quantitative estimate of drug-likeness (QED) is 0.572. The molecular weight excluding hydrogens is 337 g/mol. The number of halogens is 3. The van der Waals surface area contributed by atoms with Crippen molar-refractivity contribution >= 4 is 8.80 Å². The van der Waals surface area contributed by atoms with E-state index in [9.17, 15) is 13.2 Å². The van der Waals surface area contributed by atoms with Gasteiger partial charge in [0.1, 0.15) is 0 Å². The molecule has 24 heavy (non-hydrogen) atoms. The lowest BCUT2D eigenvalue weighted by Crippen LogP contribution is -2.48. The zero-order valence-electron chi connectivity index (χ0n) is 14.9.